The van der Waals surface area contributed by atoms with E-state index in [1.54, 1.807) is 0 Å². The summed E-state index contributed by atoms with van der Waals surface area (Å²) in [6.45, 7) is 1.36. The molecule has 0 saturated heterocycles. The second-order valence-electron chi connectivity index (χ2n) is 4.47. The minimum Gasteiger partial charge on any atom is -0.343 e. The lowest BCUT2D eigenvalue weighted by atomic mass is 10.1. The summed E-state index contributed by atoms with van der Waals surface area (Å²) in [7, 11) is 0. The van der Waals surface area contributed by atoms with Crippen molar-refractivity contribution in [1.82, 2.24) is 4.57 Å². The number of nitrogens with two attached hydrogens (primary N) is 1. The molecule has 0 atom stereocenters. The lowest BCUT2D eigenvalue weighted by Crippen LogP contribution is -2.11. The molecule has 17 heavy (non-hydrogen) atoms. The van der Waals surface area contributed by atoms with Crippen molar-refractivity contribution in [1.29, 1.82) is 0 Å². The first-order valence-corrected chi connectivity index (χ1v) is 6.30. The average molecular weight is 253 g/mol. The predicted octanol–water partition coefficient (Wildman–Crippen LogP) is 2.88. The van der Waals surface area contributed by atoms with Gasteiger partial charge in [-0.3, -0.25) is 0 Å². The number of rotatable bonds is 2. The summed E-state index contributed by atoms with van der Waals surface area (Å²) in [5.74, 6) is -0.334. The maximum Gasteiger partial charge on any atom is 0.142 e. The van der Waals surface area contributed by atoms with E-state index < -0.39 is 0 Å². The molecule has 0 spiro atoms. The standard InChI is InChI=1S/C13H14ClFN2/c14-13-9(15)4-5-11-12(13)8-2-1-3-10(8)17(11)7-6-16/h4-5H,1-3,6-7,16H2. The Morgan fingerprint density at radius 2 is 2.18 bits per heavy atom. The van der Waals surface area contributed by atoms with Crippen molar-refractivity contribution in [3.63, 3.8) is 0 Å². The van der Waals surface area contributed by atoms with E-state index in [-0.39, 0.29) is 10.8 Å². The zero-order valence-electron chi connectivity index (χ0n) is 9.47. The SMILES string of the molecule is NCCn1c2c(c3c(Cl)c(F)ccc31)CCC2. The first kappa shape index (κ1) is 11.1. The minimum absolute atomic E-state index is 0.261. The molecule has 90 valence electrons. The van der Waals surface area contributed by atoms with Crippen LogP contribution in [0.15, 0.2) is 12.1 Å². The highest BCUT2D eigenvalue weighted by Crippen LogP contribution is 2.38. The van der Waals surface area contributed by atoms with Gasteiger partial charge in [0.05, 0.1) is 10.5 Å². The summed E-state index contributed by atoms with van der Waals surface area (Å²) in [6.07, 6.45) is 3.16. The Morgan fingerprint density at radius 1 is 1.35 bits per heavy atom. The molecule has 0 amide bonds. The molecule has 1 aliphatic rings. The first-order chi connectivity index (χ1) is 8.24. The monoisotopic (exact) mass is 252 g/mol. The van der Waals surface area contributed by atoms with Gasteiger partial charge in [0.2, 0.25) is 0 Å². The minimum atomic E-state index is -0.334. The Labute approximate surface area is 104 Å². The van der Waals surface area contributed by atoms with Crippen LogP contribution in [0, 0.1) is 5.82 Å². The van der Waals surface area contributed by atoms with Gasteiger partial charge in [0.25, 0.3) is 0 Å². The van der Waals surface area contributed by atoms with Gasteiger partial charge in [0.15, 0.2) is 0 Å². The van der Waals surface area contributed by atoms with Crippen LogP contribution in [0.3, 0.4) is 0 Å². The third-order valence-corrected chi connectivity index (χ3v) is 3.90. The summed E-state index contributed by atoms with van der Waals surface area (Å²) in [6, 6.07) is 3.25. The van der Waals surface area contributed by atoms with Crippen molar-refractivity contribution in [3.8, 4) is 0 Å². The predicted molar refractivity (Wildman–Crippen MR) is 68.0 cm³/mol. The number of aryl methyl sites for hydroxylation is 1. The topological polar surface area (TPSA) is 30.9 Å². The van der Waals surface area contributed by atoms with Gasteiger partial charge in [0, 0.05) is 24.2 Å². The van der Waals surface area contributed by atoms with Gasteiger partial charge in [-0.1, -0.05) is 11.6 Å². The maximum atomic E-state index is 13.5. The zero-order chi connectivity index (χ0) is 12.0. The molecule has 3 rings (SSSR count). The van der Waals surface area contributed by atoms with Crippen molar-refractivity contribution < 1.29 is 4.39 Å². The Bertz CT molecular complexity index is 589. The summed E-state index contributed by atoms with van der Waals surface area (Å²) < 4.78 is 15.7. The van der Waals surface area contributed by atoms with Crippen LogP contribution in [0.1, 0.15) is 17.7 Å². The fourth-order valence-corrected chi connectivity index (χ4v) is 3.15. The van der Waals surface area contributed by atoms with E-state index in [4.69, 9.17) is 17.3 Å². The van der Waals surface area contributed by atoms with Crippen molar-refractivity contribution in [2.75, 3.05) is 6.54 Å². The summed E-state index contributed by atoms with van der Waals surface area (Å²) >= 11 is 6.10. The van der Waals surface area contributed by atoms with E-state index in [9.17, 15) is 4.39 Å². The van der Waals surface area contributed by atoms with E-state index in [2.05, 4.69) is 4.57 Å². The molecule has 0 saturated carbocycles. The molecule has 0 radical (unpaired) electrons. The maximum absolute atomic E-state index is 13.5. The van der Waals surface area contributed by atoms with E-state index in [0.717, 1.165) is 36.7 Å². The third-order valence-electron chi connectivity index (χ3n) is 3.53. The Kier molecular flexibility index (Phi) is 2.60. The van der Waals surface area contributed by atoms with Crippen LogP contribution in [0.25, 0.3) is 10.9 Å². The highest BCUT2D eigenvalue weighted by Gasteiger charge is 2.23. The van der Waals surface area contributed by atoms with Gasteiger partial charge in [-0.05, 0) is 37.0 Å². The van der Waals surface area contributed by atoms with Crippen LogP contribution in [0.4, 0.5) is 4.39 Å². The van der Waals surface area contributed by atoms with E-state index >= 15 is 0 Å². The van der Waals surface area contributed by atoms with Gasteiger partial charge < -0.3 is 10.3 Å². The fourth-order valence-electron chi connectivity index (χ4n) is 2.88. The lowest BCUT2D eigenvalue weighted by Gasteiger charge is -2.07. The van der Waals surface area contributed by atoms with Crippen LogP contribution < -0.4 is 5.73 Å². The number of fused-ring (bicyclic) bond motifs is 3. The molecule has 0 unspecified atom stereocenters. The largest absolute Gasteiger partial charge is 0.343 e. The van der Waals surface area contributed by atoms with Gasteiger partial charge in [-0.15, -0.1) is 0 Å². The van der Waals surface area contributed by atoms with Crippen molar-refractivity contribution >= 4 is 22.5 Å². The molecule has 2 N–H and O–H groups in total. The second kappa shape index (κ2) is 4.00. The van der Waals surface area contributed by atoms with Crippen molar-refractivity contribution in [2.45, 2.75) is 25.8 Å². The van der Waals surface area contributed by atoms with Gasteiger partial charge >= 0.3 is 0 Å². The molecule has 0 aliphatic heterocycles. The number of nitrogens with zero attached hydrogens (tertiary/aromatic N) is 1. The molecule has 1 aromatic carbocycles. The molecular weight excluding hydrogens is 239 g/mol. The molecular formula is C13H14ClFN2. The lowest BCUT2D eigenvalue weighted by molar-refractivity contribution is 0.629. The first-order valence-electron chi connectivity index (χ1n) is 5.92. The number of benzene rings is 1. The highest BCUT2D eigenvalue weighted by molar-refractivity contribution is 6.36. The Hall–Kier alpha value is -1.06. The fraction of sp³-hybridized carbons (Fsp3) is 0.385. The van der Waals surface area contributed by atoms with Gasteiger partial charge in [0.1, 0.15) is 5.82 Å². The van der Waals surface area contributed by atoms with Crippen LogP contribution in [0.5, 0.6) is 0 Å². The highest BCUT2D eigenvalue weighted by atomic mass is 35.5. The molecule has 4 heteroatoms. The van der Waals surface area contributed by atoms with E-state index in [1.165, 1.54) is 17.3 Å². The number of halogens is 2. The summed E-state index contributed by atoms with van der Waals surface area (Å²) in [4.78, 5) is 0. The van der Waals surface area contributed by atoms with Crippen LogP contribution >= 0.6 is 11.6 Å². The molecule has 1 aliphatic carbocycles. The average Bonchev–Trinajstić information content (AvgIpc) is 2.87. The van der Waals surface area contributed by atoms with Gasteiger partial charge in [-0.2, -0.15) is 0 Å². The normalized spacial score (nSPS) is 14.5. The third kappa shape index (κ3) is 1.49. The molecule has 0 bridgehead atoms. The molecule has 1 aromatic heterocycles. The Balaban J connectivity index is 2.37. The number of hydrogen-bond donors (Lipinski definition) is 1. The number of hydrogen-bond acceptors (Lipinski definition) is 1. The van der Waals surface area contributed by atoms with Crippen LogP contribution in [0.2, 0.25) is 5.02 Å². The van der Waals surface area contributed by atoms with Crippen LogP contribution in [-0.2, 0) is 19.4 Å². The smallest absolute Gasteiger partial charge is 0.142 e. The zero-order valence-corrected chi connectivity index (χ0v) is 10.2. The Morgan fingerprint density at radius 3 is 2.94 bits per heavy atom. The second-order valence-corrected chi connectivity index (χ2v) is 4.85. The molecule has 2 aromatic rings. The summed E-state index contributed by atoms with van der Waals surface area (Å²) in [5, 5.41) is 1.16. The molecule has 2 nitrogen and oxygen atoms in total. The van der Waals surface area contributed by atoms with Crippen molar-refractivity contribution in [3.05, 3.63) is 34.2 Å². The van der Waals surface area contributed by atoms with E-state index in [0.29, 0.717) is 6.54 Å². The molecule has 1 heterocycles. The molecule has 0 fully saturated rings. The quantitative estimate of drug-likeness (QED) is 0.876. The van der Waals surface area contributed by atoms with Gasteiger partial charge in [-0.25, -0.2) is 4.39 Å². The number of aromatic nitrogens is 1. The van der Waals surface area contributed by atoms with Crippen molar-refractivity contribution in [2.24, 2.45) is 5.73 Å². The van der Waals surface area contributed by atoms with Crippen LogP contribution in [-0.4, -0.2) is 11.1 Å². The summed E-state index contributed by atoms with van der Waals surface area (Å²) in [5.41, 5.74) is 9.17. The van der Waals surface area contributed by atoms with E-state index in [1.807, 2.05) is 6.07 Å².